The van der Waals surface area contributed by atoms with E-state index in [9.17, 15) is 51.3 Å². The van der Waals surface area contributed by atoms with Crippen molar-refractivity contribution in [3.8, 4) is 0 Å². The van der Waals surface area contributed by atoms with Crippen molar-refractivity contribution in [2.24, 2.45) is 5.41 Å². The number of alkyl halides is 6. The molecule has 4 rings (SSSR count). The highest BCUT2D eigenvalue weighted by Crippen LogP contribution is 2.49. The summed E-state index contributed by atoms with van der Waals surface area (Å²) in [6, 6.07) is 4.39. The Hall–Kier alpha value is -3.36. The first kappa shape index (κ1) is 33.5. The third kappa shape index (κ3) is 6.24. The molecule has 0 unspecified atom stereocenters. The quantitative estimate of drug-likeness (QED) is 0.372. The molecule has 242 valence electrons. The highest BCUT2D eigenvalue weighted by Gasteiger charge is 2.56. The third-order valence-electron chi connectivity index (χ3n) is 8.87. The molecule has 0 bridgehead atoms. The fraction of sp³-hybridized carbons (Fsp3) is 0.533. The molecule has 2 aromatic carbocycles. The highest BCUT2D eigenvalue weighted by molar-refractivity contribution is 5.86. The van der Waals surface area contributed by atoms with E-state index in [4.69, 9.17) is 0 Å². The molecule has 2 saturated heterocycles. The van der Waals surface area contributed by atoms with Crippen molar-refractivity contribution in [3.63, 3.8) is 0 Å². The maximum Gasteiger partial charge on any atom is 0.416 e. The molecule has 3 N–H and O–H groups in total. The minimum atomic E-state index is -5.12. The fourth-order valence-electron chi connectivity index (χ4n) is 6.60. The van der Waals surface area contributed by atoms with E-state index in [1.54, 1.807) is 23.1 Å². The summed E-state index contributed by atoms with van der Waals surface area (Å²) >= 11 is 0. The number of rotatable bonds is 8. The van der Waals surface area contributed by atoms with Gasteiger partial charge in [-0.2, -0.15) is 26.3 Å². The van der Waals surface area contributed by atoms with Gasteiger partial charge in [-0.05, 0) is 61.1 Å². The second-order valence-electron chi connectivity index (χ2n) is 11.4. The average molecular weight is 632 g/mol. The molecule has 2 aliphatic rings. The van der Waals surface area contributed by atoms with Crippen molar-refractivity contribution in [1.82, 2.24) is 14.7 Å². The number of likely N-dealkylation sites (N-methyl/N-ethyl adjacent to an activating group) is 1. The Labute approximate surface area is 250 Å². The predicted octanol–water partition coefficient (Wildman–Crippen LogP) is 4.53. The summed E-state index contributed by atoms with van der Waals surface area (Å²) in [5.41, 5.74) is -3.29. The Morgan fingerprint density at radius 1 is 0.977 bits per heavy atom. The molecule has 0 radical (unpaired) electrons. The first-order valence-corrected chi connectivity index (χ1v) is 14.1. The lowest BCUT2D eigenvalue weighted by atomic mass is 9.77. The van der Waals surface area contributed by atoms with Gasteiger partial charge < -0.3 is 30.0 Å². The van der Waals surface area contributed by atoms with Gasteiger partial charge in [0.05, 0.1) is 41.3 Å². The van der Waals surface area contributed by atoms with Crippen LogP contribution in [0.25, 0.3) is 0 Å². The van der Waals surface area contributed by atoms with Gasteiger partial charge in [0, 0.05) is 33.4 Å². The van der Waals surface area contributed by atoms with Gasteiger partial charge in [-0.25, -0.2) is 4.79 Å². The molecule has 2 fully saturated rings. The lowest BCUT2D eigenvalue weighted by molar-refractivity contribution is -0.143. The van der Waals surface area contributed by atoms with Crippen molar-refractivity contribution in [2.45, 2.75) is 56.7 Å². The number of nitrogens with zero attached hydrogens (tertiary/aromatic N) is 3. The van der Waals surface area contributed by atoms with Crippen LogP contribution in [0.1, 0.15) is 59.2 Å². The Morgan fingerprint density at radius 2 is 1.55 bits per heavy atom. The predicted molar refractivity (Wildman–Crippen MR) is 146 cm³/mol. The van der Waals surface area contributed by atoms with Crippen molar-refractivity contribution in [2.75, 3.05) is 40.0 Å². The zero-order valence-electron chi connectivity index (χ0n) is 24.2. The summed E-state index contributed by atoms with van der Waals surface area (Å²) < 4.78 is 81.5. The zero-order chi connectivity index (χ0) is 32.6. The number of aliphatic hydroxyl groups is 3. The molecule has 0 aliphatic carbocycles. The van der Waals surface area contributed by atoms with Crippen LogP contribution in [0.5, 0.6) is 0 Å². The van der Waals surface area contributed by atoms with Gasteiger partial charge in [0.25, 0.3) is 0 Å². The Balaban J connectivity index is 1.77. The molecule has 0 saturated carbocycles. The third-order valence-corrected chi connectivity index (χ3v) is 8.87. The van der Waals surface area contributed by atoms with E-state index in [1.807, 2.05) is 13.0 Å². The maximum absolute atomic E-state index is 14.1. The molecular weight excluding hydrogens is 596 g/mol. The number of benzene rings is 2. The van der Waals surface area contributed by atoms with E-state index in [1.165, 1.54) is 11.9 Å². The summed E-state index contributed by atoms with van der Waals surface area (Å²) in [6.07, 6.45) is -9.84. The highest BCUT2D eigenvalue weighted by atomic mass is 19.4. The number of amides is 3. The van der Waals surface area contributed by atoms with E-state index in [0.29, 0.717) is 17.7 Å². The number of aliphatic hydroxyl groups excluding tert-OH is 3. The minimum Gasteiger partial charge on any atom is -0.396 e. The van der Waals surface area contributed by atoms with Gasteiger partial charge >= 0.3 is 18.4 Å². The van der Waals surface area contributed by atoms with Crippen LogP contribution in [-0.2, 0) is 17.1 Å². The van der Waals surface area contributed by atoms with Crippen LogP contribution in [0, 0.1) is 12.3 Å². The van der Waals surface area contributed by atoms with Gasteiger partial charge in [-0.3, -0.25) is 4.79 Å². The smallest absolute Gasteiger partial charge is 0.396 e. The Kier molecular flexibility index (Phi) is 9.57. The van der Waals surface area contributed by atoms with Crippen molar-refractivity contribution in [1.29, 1.82) is 0 Å². The second-order valence-corrected chi connectivity index (χ2v) is 11.4. The molecular formula is C30H35F6N3O5. The molecule has 8 nitrogen and oxygen atoms in total. The summed E-state index contributed by atoms with van der Waals surface area (Å²) in [5, 5.41) is 29.7. The first-order chi connectivity index (χ1) is 20.6. The van der Waals surface area contributed by atoms with E-state index in [0.717, 1.165) is 10.5 Å². The minimum absolute atomic E-state index is 0.0185. The normalized spacial score (nSPS) is 20.9. The summed E-state index contributed by atoms with van der Waals surface area (Å²) in [4.78, 5) is 31.7. The van der Waals surface area contributed by atoms with E-state index < -0.39 is 65.2 Å². The largest absolute Gasteiger partial charge is 0.416 e. The SMILES string of the molecule is Cc1ccccc1[C@H]1[C@@H]2CC(CCO)(CCO)C(=O)N2CCN1C(=O)N(C)[C@@H](CO)c1cc(C(F)(F)F)cc(C(F)(F)F)c1. The van der Waals surface area contributed by atoms with Gasteiger partial charge in [-0.1, -0.05) is 24.3 Å². The summed E-state index contributed by atoms with van der Waals surface area (Å²) in [6.45, 7) is 0.296. The van der Waals surface area contributed by atoms with Crippen LogP contribution < -0.4 is 0 Å². The van der Waals surface area contributed by atoms with Crippen LogP contribution in [0.3, 0.4) is 0 Å². The average Bonchev–Trinajstić information content (AvgIpc) is 3.23. The molecule has 2 aliphatic heterocycles. The molecule has 14 heteroatoms. The van der Waals surface area contributed by atoms with Gasteiger partial charge in [0.2, 0.25) is 5.91 Å². The number of piperazine rings is 1. The maximum atomic E-state index is 14.1. The fourth-order valence-corrected chi connectivity index (χ4v) is 6.60. The second kappa shape index (κ2) is 12.6. The van der Waals surface area contributed by atoms with Crippen LogP contribution in [0.15, 0.2) is 42.5 Å². The van der Waals surface area contributed by atoms with Crippen LogP contribution >= 0.6 is 0 Å². The van der Waals surface area contributed by atoms with E-state index in [2.05, 4.69) is 0 Å². The first-order valence-electron chi connectivity index (χ1n) is 14.1. The van der Waals surface area contributed by atoms with Gasteiger partial charge in [0.15, 0.2) is 0 Å². The topological polar surface area (TPSA) is 105 Å². The number of urea groups is 1. The monoisotopic (exact) mass is 631 g/mol. The lowest BCUT2D eigenvalue weighted by Gasteiger charge is -2.47. The van der Waals surface area contributed by atoms with Crippen LogP contribution in [0.2, 0.25) is 0 Å². The standard InChI is InChI=1S/C30H35F6N3O5/c1-18-5-3-4-6-22(18)25-23-16-28(7-11-40,8-12-41)26(43)38(23)9-10-39(25)27(44)37(2)24(17-42)19-13-20(29(31,32)33)15-21(14-19)30(34,35)36/h3-6,13-15,23-25,40-42H,7-12,16-17H2,1-2H3/t23-,24-,25-/m0/s1. The summed E-state index contributed by atoms with van der Waals surface area (Å²) in [7, 11) is 1.19. The van der Waals surface area contributed by atoms with Crippen molar-refractivity contribution >= 4 is 11.9 Å². The number of hydrogen-bond acceptors (Lipinski definition) is 5. The van der Waals surface area contributed by atoms with Crippen LogP contribution in [0.4, 0.5) is 31.1 Å². The van der Waals surface area contributed by atoms with E-state index in [-0.39, 0.29) is 57.5 Å². The molecule has 44 heavy (non-hydrogen) atoms. The van der Waals surface area contributed by atoms with E-state index >= 15 is 0 Å². The Morgan fingerprint density at radius 3 is 2.05 bits per heavy atom. The number of carbonyl (C=O) groups is 2. The van der Waals surface area contributed by atoms with Crippen LogP contribution in [-0.4, -0.2) is 88.0 Å². The van der Waals surface area contributed by atoms with Crippen molar-refractivity contribution in [3.05, 3.63) is 70.3 Å². The number of halogens is 6. The molecule has 2 aromatic rings. The molecule has 0 spiro atoms. The number of hydrogen-bond donors (Lipinski definition) is 3. The van der Waals surface area contributed by atoms with Crippen molar-refractivity contribution < 1.29 is 51.3 Å². The molecule has 0 aromatic heterocycles. The zero-order valence-corrected chi connectivity index (χ0v) is 24.2. The molecule has 3 amide bonds. The molecule has 2 heterocycles. The van der Waals surface area contributed by atoms with Gasteiger partial charge in [0.1, 0.15) is 0 Å². The number of carbonyl (C=O) groups excluding carboxylic acids is 2. The van der Waals surface area contributed by atoms with Gasteiger partial charge in [-0.15, -0.1) is 0 Å². The summed E-state index contributed by atoms with van der Waals surface area (Å²) in [5.74, 6) is -0.262. The molecule has 3 atom stereocenters. The lowest BCUT2D eigenvalue weighted by Crippen LogP contribution is -2.58. The Bertz CT molecular complexity index is 1330. The number of aryl methyl sites for hydroxylation is 1. The number of fused-ring (bicyclic) bond motifs is 1.